The number of methoxy groups -OCH3 is 1. The van der Waals surface area contributed by atoms with Gasteiger partial charge in [0.2, 0.25) is 11.4 Å². The average Bonchev–Trinajstić information content (AvgIpc) is 3.15. The van der Waals surface area contributed by atoms with Crippen molar-refractivity contribution in [2.24, 2.45) is 0 Å². The Morgan fingerprint density at radius 2 is 2.00 bits per heavy atom. The molecule has 0 saturated carbocycles. The summed E-state index contributed by atoms with van der Waals surface area (Å²) in [7, 11) is 1.61. The molecule has 2 aromatic heterocycles. The number of aromatic amines is 1. The number of hydrogen-bond donors (Lipinski definition) is 1. The molecule has 26 heavy (non-hydrogen) atoms. The third kappa shape index (κ3) is 3.34. The lowest BCUT2D eigenvalue weighted by Gasteiger charge is -2.04. The van der Waals surface area contributed by atoms with Crippen molar-refractivity contribution in [3.8, 4) is 17.2 Å². The minimum Gasteiger partial charge on any atom is -0.497 e. The molecule has 6 nitrogen and oxygen atoms in total. The number of hydrogen-bond acceptors (Lipinski definition) is 6. The van der Waals surface area contributed by atoms with Crippen LogP contribution < -0.4 is 10.3 Å². The third-order valence-corrected chi connectivity index (χ3v) is 4.78. The predicted molar refractivity (Wildman–Crippen MR) is 100 cm³/mol. The first-order chi connectivity index (χ1) is 12.7. The van der Waals surface area contributed by atoms with Crippen molar-refractivity contribution in [3.63, 3.8) is 0 Å². The Hall–Kier alpha value is -3.06. The van der Waals surface area contributed by atoms with Crippen LogP contribution in [-0.4, -0.2) is 22.3 Å². The van der Waals surface area contributed by atoms with Crippen molar-refractivity contribution < 1.29 is 9.15 Å². The Kier molecular flexibility index (Phi) is 4.45. The standard InChI is InChI=1S/C19H15N3O3S/c1-24-14-6-4-5-12(9-14)18-21-22-19(25-18)26-11-13-10-17(23)20-16-8-3-2-7-15(13)16/h2-10H,11H2,1H3,(H,20,23). The summed E-state index contributed by atoms with van der Waals surface area (Å²) in [4.78, 5) is 14.7. The number of pyridine rings is 1. The molecule has 0 amide bonds. The number of rotatable bonds is 5. The Bertz CT molecular complexity index is 1120. The average molecular weight is 365 g/mol. The number of H-pyrrole nitrogens is 1. The second-order valence-electron chi connectivity index (χ2n) is 5.60. The normalized spacial score (nSPS) is 11.0. The smallest absolute Gasteiger partial charge is 0.277 e. The van der Waals surface area contributed by atoms with Gasteiger partial charge in [0.15, 0.2) is 0 Å². The molecule has 0 bridgehead atoms. The van der Waals surface area contributed by atoms with Gasteiger partial charge < -0.3 is 14.1 Å². The summed E-state index contributed by atoms with van der Waals surface area (Å²) in [6, 6.07) is 16.8. The first-order valence-corrected chi connectivity index (χ1v) is 8.93. The van der Waals surface area contributed by atoms with Crippen molar-refractivity contribution in [3.05, 3.63) is 70.5 Å². The Balaban J connectivity index is 1.56. The lowest BCUT2D eigenvalue weighted by Crippen LogP contribution is -2.05. The van der Waals surface area contributed by atoms with Crippen molar-refractivity contribution >= 4 is 22.7 Å². The summed E-state index contributed by atoms with van der Waals surface area (Å²) >= 11 is 1.40. The van der Waals surface area contributed by atoms with Crippen LogP contribution in [0.1, 0.15) is 5.56 Å². The van der Waals surface area contributed by atoms with E-state index in [1.54, 1.807) is 13.2 Å². The van der Waals surface area contributed by atoms with E-state index in [1.807, 2.05) is 48.5 Å². The second-order valence-corrected chi connectivity index (χ2v) is 6.52. The van der Waals surface area contributed by atoms with Gasteiger partial charge in [0.05, 0.1) is 7.11 Å². The van der Waals surface area contributed by atoms with Gasteiger partial charge in [0, 0.05) is 28.3 Å². The molecule has 2 heterocycles. The van der Waals surface area contributed by atoms with Gasteiger partial charge in [-0.3, -0.25) is 4.79 Å². The number of nitrogens with one attached hydrogen (secondary N) is 1. The fourth-order valence-electron chi connectivity index (χ4n) is 2.68. The summed E-state index contributed by atoms with van der Waals surface area (Å²) < 4.78 is 10.9. The number of aromatic nitrogens is 3. The molecule has 0 saturated heterocycles. The lowest BCUT2D eigenvalue weighted by molar-refractivity contribution is 0.414. The van der Waals surface area contributed by atoms with E-state index in [9.17, 15) is 4.79 Å². The minimum absolute atomic E-state index is 0.123. The first-order valence-electron chi connectivity index (χ1n) is 7.94. The number of para-hydroxylation sites is 1. The molecule has 2 aromatic carbocycles. The van der Waals surface area contributed by atoms with Crippen LogP contribution in [0.5, 0.6) is 5.75 Å². The van der Waals surface area contributed by atoms with Crippen LogP contribution in [0.4, 0.5) is 0 Å². The van der Waals surface area contributed by atoms with Gasteiger partial charge in [-0.25, -0.2) is 0 Å². The van der Waals surface area contributed by atoms with E-state index in [4.69, 9.17) is 9.15 Å². The number of fused-ring (bicyclic) bond motifs is 1. The van der Waals surface area contributed by atoms with E-state index < -0.39 is 0 Å². The number of nitrogens with zero attached hydrogens (tertiary/aromatic N) is 2. The highest BCUT2D eigenvalue weighted by Crippen LogP contribution is 2.28. The maximum atomic E-state index is 11.8. The van der Waals surface area contributed by atoms with Crippen molar-refractivity contribution in [2.45, 2.75) is 11.0 Å². The van der Waals surface area contributed by atoms with E-state index >= 15 is 0 Å². The quantitative estimate of drug-likeness (QED) is 0.541. The number of ether oxygens (including phenoxy) is 1. The summed E-state index contributed by atoms with van der Waals surface area (Å²) in [5.41, 5.74) is 2.42. The van der Waals surface area contributed by atoms with Gasteiger partial charge in [-0.05, 0) is 29.8 Å². The van der Waals surface area contributed by atoms with Crippen LogP contribution in [-0.2, 0) is 5.75 Å². The van der Waals surface area contributed by atoms with Crippen molar-refractivity contribution in [2.75, 3.05) is 7.11 Å². The molecular weight excluding hydrogens is 350 g/mol. The number of thioether (sulfide) groups is 1. The summed E-state index contributed by atoms with van der Waals surface area (Å²) in [6.07, 6.45) is 0. The van der Waals surface area contributed by atoms with E-state index in [2.05, 4.69) is 15.2 Å². The van der Waals surface area contributed by atoms with Crippen LogP contribution >= 0.6 is 11.8 Å². The zero-order valence-corrected chi connectivity index (χ0v) is 14.7. The SMILES string of the molecule is COc1cccc(-c2nnc(SCc3cc(=O)[nH]c4ccccc34)o2)c1. The number of benzene rings is 2. The topological polar surface area (TPSA) is 81.0 Å². The largest absolute Gasteiger partial charge is 0.497 e. The Labute approximate surface area is 153 Å². The lowest BCUT2D eigenvalue weighted by atomic mass is 10.1. The van der Waals surface area contributed by atoms with Crippen LogP contribution in [0.2, 0.25) is 0 Å². The van der Waals surface area contributed by atoms with Gasteiger partial charge in [-0.1, -0.05) is 36.0 Å². The highest BCUT2D eigenvalue weighted by molar-refractivity contribution is 7.98. The van der Waals surface area contributed by atoms with E-state index in [0.717, 1.165) is 27.8 Å². The van der Waals surface area contributed by atoms with Gasteiger partial charge >= 0.3 is 0 Å². The summed E-state index contributed by atoms with van der Waals surface area (Å²) in [5, 5.41) is 9.64. The predicted octanol–water partition coefficient (Wildman–Crippen LogP) is 3.88. The molecule has 0 aliphatic carbocycles. The maximum absolute atomic E-state index is 11.8. The maximum Gasteiger partial charge on any atom is 0.277 e. The van der Waals surface area contributed by atoms with Crippen LogP contribution in [0.15, 0.2) is 69.0 Å². The molecule has 130 valence electrons. The van der Waals surface area contributed by atoms with E-state index in [1.165, 1.54) is 11.8 Å². The molecule has 0 atom stereocenters. The molecular formula is C19H15N3O3S. The molecule has 1 N–H and O–H groups in total. The Morgan fingerprint density at radius 3 is 2.88 bits per heavy atom. The molecule has 0 spiro atoms. The van der Waals surface area contributed by atoms with Gasteiger partial charge in [-0.2, -0.15) is 0 Å². The van der Waals surface area contributed by atoms with Crippen LogP contribution in [0.25, 0.3) is 22.4 Å². The van der Waals surface area contributed by atoms with Crippen molar-refractivity contribution in [1.29, 1.82) is 0 Å². The fraction of sp³-hybridized carbons (Fsp3) is 0.105. The van der Waals surface area contributed by atoms with Gasteiger partial charge in [0.1, 0.15) is 5.75 Å². The highest BCUT2D eigenvalue weighted by Gasteiger charge is 2.11. The van der Waals surface area contributed by atoms with Crippen molar-refractivity contribution in [1.82, 2.24) is 15.2 Å². The van der Waals surface area contributed by atoms with E-state index in [0.29, 0.717) is 16.9 Å². The molecule has 0 radical (unpaired) electrons. The monoisotopic (exact) mass is 365 g/mol. The zero-order chi connectivity index (χ0) is 17.9. The second kappa shape index (κ2) is 7.05. The highest BCUT2D eigenvalue weighted by atomic mass is 32.2. The third-order valence-electron chi connectivity index (χ3n) is 3.91. The molecule has 0 unspecified atom stereocenters. The molecule has 0 aliphatic rings. The summed E-state index contributed by atoms with van der Waals surface area (Å²) in [5.74, 6) is 1.72. The van der Waals surface area contributed by atoms with Crippen LogP contribution in [0, 0.1) is 0 Å². The van der Waals surface area contributed by atoms with Gasteiger partial charge in [-0.15, -0.1) is 10.2 Å². The fourth-order valence-corrected chi connectivity index (χ4v) is 3.43. The molecule has 4 rings (SSSR count). The van der Waals surface area contributed by atoms with E-state index in [-0.39, 0.29) is 5.56 Å². The van der Waals surface area contributed by atoms with Crippen LogP contribution in [0.3, 0.4) is 0 Å². The first kappa shape index (κ1) is 16.4. The van der Waals surface area contributed by atoms with Gasteiger partial charge in [0.25, 0.3) is 5.22 Å². The summed E-state index contributed by atoms with van der Waals surface area (Å²) in [6.45, 7) is 0. The molecule has 4 aromatic rings. The zero-order valence-electron chi connectivity index (χ0n) is 13.9. The molecule has 0 fully saturated rings. The molecule has 0 aliphatic heterocycles. The minimum atomic E-state index is -0.123. The Morgan fingerprint density at radius 1 is 1.12 bits per heavy atom. The molecule has 7 heteroatoms.